The predicted octanol–water partition coefficient (Wildman–Crippen LogP) is 1.34. The standard InChI is InChI=1S/C22H36N4O4S/c1-16-14-17(2)20(18(3)15-16)31(29,30)26-12-7-6-8-19(26)9-10-23-21(27)22(28)24-11-13-25(4)5/h14-15,19H,6-13H2,1-5H3,(H,23,27)(H,24,28)/t19-/m0/s1. The van der Waals surface area contributed by atoms with Crippen LogP contribution in [-0.4, -0.2) is 75.8 Å². The van der Waals surface area contributed by atoms with E-state index in [-0.39, 0.29) is 12.6 Å². The van der Waals surface area contributed by atoms with Gasteiger partial charge in [0.15, 0.2) is 0 Å². The highest BCUT2D eigenvalue weighted by Crippen LogP contribution is 2.31. The van der Waals surface area contributed by atoms with Crippen molar-refractivity contribution < 1.29 is 18.0 Å². The molecule has 0 unspecified atom stereocenters. The number of piperidine rings is 1. The Hall–Kier alpha value is -1.97. The molecule has 9 heteroatoms. The lowest BCUT2D eigenvalue weighted by Gasteiger charge is -2.35. The van der Waals surface area contributed by atoms with Gasteiger partial charge in [-0.05, 0) is 65.3 Å². The molecule has 8 nitrogen and oxygen atoms in total. The van der Waals surface area contributed by atoms with Crippen LogP contribution in [0.3, 0.4) is 0 Å². The maximum Gasteiger partial charge on any atom is 0.309 e. The van der Waals surface area contributed by atoms with Crippen LogP contribution in [-0.2, 0) is 19.6 Å². The maximum atomic E-state index is 13.5. The Morgan fingerprint density at radius 2 is 1.61 bits per heavy atom. The summed E-state index contributed by atoms with van der Waals surface area (Å²) in [5.74, 6) is -1.35. The lowest BCUT2D eigenvalue weighted by atomic mass is 10.0. The summed E-state index contributed by atoms with van der Waals surface area (Å²) >= 11 is 0. The van der Waals surface area contributed by atoms with E-state index in [4.69, 9.17) is 0 Å². The predicted molar refractivity (Wildman–Crippen MR) is 121 cm³/mol. The van der Waals surface area contributed by atoms with Crippen LogP contribution in [0.1, 0.15) is 42.4 Å². The third-order valence-electron chi connectivity index (χ3n) is 5.56. The number of hydrogen-bond acceptors (Lipinski definition) is 5. The first-order valence-corrected chi connectivity index (χ1v) is 12.3. The summed E-state index contributed by atoms with van der Waals surface area (Å²) in [6.45, 7) is 7.39. The number of carbonyl (C=O) groups is 2. The number of likely N-dealkylation sites (N-methyl/N-ethyl adjacent to an activating group) is 1. The van der Waals surface area contributed by atoms with E-state index in [1.807, 2.05) is 51.9 Å². The summed E-state index contributed by atoms with van der Waals surface area (Å²) in [7, 11) is 0.130. The van der Waals surface area contributed by atoms with E-state index in [0.717, 1.165) is 36.0 Å². The molecule has 0 aliphatic carbocycles. The quantitative estimate of drug-likeness (QED) is 0.580. The zero-order chi connectivity index (χ0) is 23.2. The van der Waals surface area contributed by atoms with Crippen LogP contribution in [0.2, 0.25) is 0 Å². The number of nitrogens with zero attached hydrogens (tertiary/aromatic N) is 2. The van der Waals surface area contributed by atoms with Crippen LogP contribution in [0.4, 0.5) is 0 Å². The lowest BCUT2D eigenvalue weighted by Crippen LogP contribution is -2.47. The molecule has 2 amide bonds. The summed E-state index contributed by atoms with van der Waals surface area (Å²) in [6.07, 6.45) is 2.98. The SMILES string of the molecule is Cc1cc(C)c(S(=O)(=O)N2CCCC[C@H]2CCNC(=O)C(=O)NCCN(C)C)c(C)c1. The summed E-state index contributed by atoms with van der Waals surface area (Å²) in [5, 5.41) is 5.20. The van der Waals surface area contributed by atoms with Crippen molar-refractivity contribution in [3.63, 3.8) is 0 Å². The number of sulfonamides is 1. The Kier molecular flexibility index (Phi) is 9.02. The number of carbonyl (C=O) groups excluding carboxylic acids is 2. The van der Waals surface area contributed by atoms with E-state index >= 15 is 0 Å². The lowest BCUT2D eigenvalue weighted by molar-refractivity contribution is -0.139. The van der Waals surface area contributed by atoms with Crippen LogP contribution in [0.5, 0.6) is 0 Å². The summed E-state index contributed by atoms with van der Waals surface area (Å²) in [6, 6.07) is 3.60. The molecular formula is C22H36N4O4S. The Bertz CT molecular complexity index is 876. The first-order chi connectivity index (χ1) is 14.5. The molecular weight excluding hydrogens is 416 g/mol. The van der Waals surface area contributed by atoms with Crippen LogP contribution in [0.15, 0.2) is 17.0 Å². The smallest absolute Gasteiger partial charge is 0.309 e. The molecule has 0 saturated carbocycles. The van der Waals surface area contributed by atoms with E-state index in [1.54, 1.807) is 4.31 Å². The molecule has 31 heavy (non-hydrogen) atoms. The monoisotopic (exact) mass is 452 g/mol. The largest absolute Gasteiger partial charge is 0.348 e. The highest BCUT2D eigenvalue weighted by atomic mass is 32.2. The second kappa shape index (κ2) is 11.1. The minimum Gasteiger partial charge on any atom is -0.348 e. The molecule has 1 atom stereocenters. The van der Waals surface area contributed by atoms with Crippen molar-refractivity contribution in [1.82, 2.24) is 19.8 Å². The van der Waals surface area contributed by atoms with Gasteiger partial charge in [0.25, 0.3) is 0 Å². The van der Waals surface area contributed by atoms with Crippen LogP contribution in [0, 0.1) is 20.8 Å². The van der Waals surface area contributed by atoms with Crippen molar-refractivity contribution in [3.8, 4) is 0 Å². The molecule has 2 N–H and O–H groups in total. The fourth-order valence-electron chi connectivity index (χ4n) is 4.18. The number of hydrogen-bond donors (Lipinski definition) is 2. The van der Waals surface area contributed by atoms with Gasteiger partial charge in [0.2, 0.25) is 10.0 Å². The molecule has 0 radical (unpaired) electrons. The van der Waals surface area contributed by atoms with Gasteiger partial charge in [0.1, 0.15) is 0 Å². The number of benzene rings is 1. The Morgan fingerprint density at radius 1 is 1.03 bits per heavy atom. The minimum atomic E-state index is -3.64. The topological polar surface area (TPSA) is 98.8 Å². The first kappa shape index (κ1) is 25.3. The van der Waals surface area contributed by atoms with Gasteiger partial charge in [-0.15, -0.1) is 0 Å². The third-order valence-corrected chi connectivity index (χ3v) is 7.82. The molecule has 1 saturated heterocycles. The average Bonchev–Trinajstić information content (AvgIpc) is 2.66. The Morgan fingerprint density at radius 3 is 2.19 bits per heavy atom. The molecule has 2 rings (SSSR count). The van der Waals surface area contributed by atoms with Gasteiger partial charge < -0.3 is 15.5 Å². The van der Waals surface area contributed by atoms with Crippen LogP contribution in [0.25, 0.3) is 0 Å². The van der Waals surface area contributed by atoms with Gasteiger partial charge in [-0.25, -0.2) is 8.42 Å². The number of nitrogens with one attached hydrogen (secondary N) is 2. The zero-order valence-electron chi connectivity index (χ0n) is 19.3. The van der Waals surface area contributed by atoms with Crippen molar-refractivity contribution in [2.45, 2.75) is 57.4 Å². The average molecular weight is 453 g/mol. The molecule has 0 bridgehead atoms. The van der Waals surface area contributed by atoms with Gasteiger partial charge in [0.05, 0.1) is 4.90 Å². The highest BCUT2D eigenvalue weighted by molar-refractivity contribution is 7.89. The van der Waals surface area contributed by atoms with Crippen molar-refractivity contribution in [2.24, 2.45) is 0 Å². The maximum absolute atomic E-state index is 13.5. The Labute approximate surface area is 186 Å². The van der Waals surface area contributed by atoms with Crippen molar-refractivity contribution in [2.75, 3.05) is 40.3 Å². The minimum absolute atomic E-state index is 0.198. The summed E-state index contributed by atoms with van der Waals surface area (Å²) in [4.78, 5) is 26.2. The van der Waals surface area contributed by atoms with E-state index < -0.39 is 21.8 Å². The van der Waals surface area contributed by atoms with E-state index in [0.29, 0.717) is 31.0 Å². The second-order valence-corrected chi connectivity index (χ2v) is 10.4. The van der Waals surface area contributed by atoms with E-state index in [2.05, 4.69) is 10.6 Å². The highest BCUT2D eigenvalue weighted by Gasteiger charge is 2.35. The fraction of sp³-hybridized carbons (Fsp3) is 0.636. The molecule has 1 aliphatic rings. The molecule has 1 aliphatic heterocycles. The third kappa shape index (κ3) is 6.75. The molecule has 0 aromatic heterocycles. The number of rotatable bonds is 8. The first-order valence-electron chi connectivity index (χ1n) is 10.8. The molecule has 1 aromatic rings. The van der Waals surface area contributed by atoms with E-state index in [1.165, 1.54) is 0 Å². The molecule has 1 heterocycles. The fourth-order valence-corrected chi connectivity index (χ4v) is 6.31. The van der Waals surface area contributed by atoms with E-state index in [9.17, 15) is 18.0 Å². The second-order valence-electron chi connectivity index (χ2n) is 8.60. The van der Waals surface area contributed by atoms with Crippen molar-refractivity contribution >= 4 is 21.8 Å². The number of aryl methyl sites for hydroxylation is 3. The van der Waals surface area contributed by atoms with Crippen LogP contribution >= 0.6 is 0 Å². The van der Waals surface area contributed by atoms with Gasteiger partial charge in [-0.2, -0.15) is 4.31 Å². The van der Waals surface area contributed by atoms with Gasteiger partial charge in [-0.3, -0.25) is 9.59 Å². The molecule has 0 spiro atoms. The number of amides is 2. The Balaban J connectivity index is 2.01. The molecule has 1 aromatic carbocycles. The van der Waals surface area contributed by atoms with Crippen LogP contribution < -0.4 is 10.6 Å². The zero-order valence-corrected chi connectivity index (χ0v) is 20.1. The molecule has 174 valence electrons. The normalized spacial score (nSPS) is 17.5. The summed E-state index contributed by atoms with van der Waals surface area (Å²) < 4.78 is 28.6. The van der Waals surface area contributed by atoms with Crippen molar-refractivity contribution in [3.05, 3.63) is 28.8 Å². The molecule has 1 fully saturated rings. The van der Waals surface area contributed by atoms with Gasteiger partial charge in [0, 0.05) is 32.2 Å². The van der Waals surface area contributed by atoms with Gasteiger partial charge in [-0.1, -0.05) is 24.1 Å². The summed E-state index contributed by atoms with van der Waals surface area (Å²) in [5.41, 5.74) is 2.55. The van der Waals surface area contributed by atoms with Crippen molar-refractivity contribution in [1.29, 1.82) is 0 Å². The van der Waals surface area contributed by atoms with Gasteiger partial charge >= 0.3 is 11.8 Å².